The lowest BCUT2D eigenvalue weighted by atomic mass is 10.0. The Morgan fingerprint density at radius 3 is 2.47 bits per heavy atom. The van der Waals surface area contributed by atoms with Crippen LogP contribution >= 0.6 is 11.6 Å². The molecule has 2 aromatic carbocycles. The fourth-order valence-corrected chi connectivity index (χ4v) is 3.50. The quantitative estimate of drug-likeness (QED) is 0.329. The van der Waals surface area contributed by atoms with Gasteiger partial charge in [-0.1, -0.05) is 41.9 Å². The fourth-order valence-electron chi connectivity index (χ4n) is 3.28. The number of amides is 2. The number of aromatic hydroxyl groups is 1. The number of carboxylic acids is 1. The smallest absolute Gasteiger partial charge is 0.319 e. The summed E-state index contributed by atoms with van der Waals surface area (Å²) in [5, 5.41) is 24.2. The van der Waals surface area contributed by atoms with Crippen LogP contribution in [0.25, 0.3) is 0 Å². The molecule has 0 aliphatic carbocycles. The molecule has 0 saturated heterocycles. The van der Waals surface area contributed by atoms with Crippen LogP contribution in [-0.4, -0.2) is 26.8 Å². The Kier molecular flexibility index (Phi) is 7.87. The Bertz CT molecular complexity index is 1240. The zero-order valence-electron chi connectivity index (χ0n) is 17.8. The van der Waals surface area contributed by atoms with Crippen molar-refractivity contribution in [2.45, 2.75) is 25.6 Å². The number of carboxylic acid groups (broad SMARTS) is 1. The van der Waals surface area contributed by atoms with E-state index in [9.17, 15) is 29.0 Å². The van der Waals surface area contributed by atoms with Crippen LogP contribution in [0.5, 0.6) is 5.75 Å². The van der Waals surface area contributed by atoms with E-state index in [1.165, 1.54) is 24.4 Å². The van der Waals surface area contributed by atoms with Gasteiger partial charge in [0.05, 0.1) is 19.0 Å². The first-order valence-electron chi connectivity index (χ1n) is 10.1. The molecule has 6 N–H and O–H groups in total. The molecule has 9 nitrogen and oxygen atoms in total. The molecule has 34 heavy (non-hydrogen) atoms. The molecule has 0 saturated carbocycles. The number of rotatable bonds is 8. The van der Waals surface area contributed by atoms with Crippen molar-refractivity contribution in [1.82, 2.24) is 9.88 Å². The van der Waals surface area contributed by atoms with Crippen molar-refractivity contribution in [3.05, 3.63) is 92.6 Å². The number of anilines is 1. The van der Waals surface area contributed by atoms with Gasteiger partial charge >= 0.3 is 12.0 Å². The van der Waals surface area contributed by atoms with E-state index >= 15 is 0 Å². The highest BCUT2D eigenvalue weighted by Gasteiger charge is 2.20. The van der Waals surface area contributed by atoms with Gasteiger partial charge in [-0.3, -0.25) is 9.59 Å². The lowest BCUT2D eigenvalue weighted by Crippen LogP contribution is -2.36. The number of carbonyl (C=O) groups excluding carboxylic acids is 1. The number of carbonyl (C=O) groups is 2. The third kappa shape index (κ3) is 5.91. The molecule has 2 amide bonds. The Morgan fingerprint density at radius 1 is 1.15 bits per heavy atom. The van der Waals surface area contributed by atoms with E-state index in [4.69, 9.17) is 17.3 Å². The molecular weight excluding hydrogens is 467 g/mol. The van der Waals surface area contributed by atoms with Crippen molar-refractivity contribution in [3.8, 4) is 5.75 Å². The third-order valence-corrected chi connectivity index (χ3v) is 5.43. The summed E-state index contributed by atoms with van der Waals surface area (Å²) in [6.07, 6.45) is 0.807. The summed E-state index contributed by atoms with van der Waals surface area (Å²) >= 11 is 6.02. The summed E-state index contributed by atoms with van der Waals surface area (Å²) in [5.74, 6) is -2.28. The molecule has 178 valence electrons. The summed E-state index contributed by atoms with van der Waals surface area (Å²) in [6, 6.07) is 10.1. The standard InChI is InChI=1S/C23H22ClFN4O5/c24-16-2-1-3-17(25)15(16)12-29-9-8-19(30)21(22(29)33)28-23(34)27-18(10-20(31)32)14-6-4-13(11-26)5-7-14/h1-9,18,30H,10-12,26H2,(H,31,32)(H2,27,28,34). The van der Waals surface area contributed by atoms with Crippen LogP contribution in [-0.2, 0) is 17.9 Å². The Labute approximate surface area is 198 Å². The van der Waals surface area contributed by atoms with Gasteiger partial charge in [0.15, 0.2) is 5.69 Å². The summed E-state index contributed by atoms with van der Waals surface area (Å²) in [5.41, 5.74) is 5.71. The number of aromatic nitrogens is 1. The normalized spacial score (nSPS) is 11.6. The van der Waals surface area contributed by atoms with E-state index in [0.29, 0.717) is 12.1 Å². The maximum absolute atomic E-state index is 14.1. The van der Waals surface area contributed by atoms with Crippen LogP contribution in [0, 0.1) is 5.82 Å². The van der Waals surface area contributed by atoms with Crippen molar-refractivity contribution in [2.24, 2.45) is 5.73 Å². The van der Waals surface area contributed by atoms with Crippen molar-refractivity contribution < 1.29 is 24.2 Å². The number of nitrogens with zero attached hydrogens (tertiary/aromatic N) is 1. The van der Waals surface area contributed by atoms with Crippen LogP contribution in [0.2, 0.25) is 5.02 Å². The van der Waals surface area contributed by atoms with E-state index < -0.39 is 47.3 Å². The van der Waals surface area contributed by atoms with Gasteiger partial charge in [-0.15, -0.1) is 0 Å². The van der Waals surface area contributed by atoms with Gasteiger partial charge in [0.1, 0.15) is 11.6 Å². The van der Waals surface area contributed by atoms with Gasteiger partial charge in [0.25, 0.3) is 5.56 Å². The number of pyridine rings is 1. The van der Waals surface area contributed by atoms with Gasteiger partial charge in [-0.05, 0) is 29.3 Å². The van der Waals surface area contributed by atoms with E-state index in [1.54, 1.807) is 24.3 Å². The molecule has 1 aromatic heterocycles. The van der Waals surface area contributed by atoms with Gasteiger partial charge in [-0.2, -0.15) is 0 Å². The molecule has 0 aliphatic rings. The molecule has 3 rings (SSSR count). The summed E-state index contributed by atoms with van der Waals surface area (Å²) < 4.78 is 15.2. The second-order valence-electron chi connectivity index (χ2n) is 7.40. The number of nitrogens with one attached hydrogen (secondary N) is 2. The van der Waals surface area contributed by atoms with Gasteiger partial charge in [0, 0.05) is 23.3 Å². The molecule has 0 fully saturated rings. The molecule has 3 aromatic rings. The molecule has 1 heterocycles. The zero-order valence-corrected chi connectivity index (χ0v) is 18.6. The monoisotopic (exact) mass is 488 g/mol. The zero-order chi connectivity index (χ0) is 24.8. The average molecular weight is 489 g/mol. The van der Waals surface area contributed by atoms with Crippen molar-refractivity contribution in [1.29, 1.82) is 0 Å². The number of nitrogens with two attached hydrogens (primary N) is 1. The Morgan fingerprint density at radius 2 is 1.85 bits per heavy atom. The minimum atomic E-state index is -1.15. The van der Waals surface area contributed by atoms with E-state index in [-0.39, 0.29) is 17.1 Å². The fraction of sp³-hybridized carbons (Fsp3) is 0.174. The second kappa shape index (κ2) is 10.8. The first-order valence-corrected chi connectivity index (χ1v) is 10.5. The number of halogens is 2. The van der Waals surface area contributed by atoms with Crippen molar-refractivity contribution in [2.75, 3.05) is 5.32 Å². The minimum Gasteiger partial charge on any atom is -0.505 e. The number of benzene rings is 2. The highest BCUT2D eigenvalue weighted by atomic mass is 35.5. The largest absolute Gasteiger partial charge is 0.505 e. The summed E-state index contributed by atoms with van der Waals surface area (Å²) in [4.78, 5) is 36.8. The van der Waals surface area contributed by atoms with Crippen LogP contribution in [0.4, 0.5) is 14.9 Å². The van der Waals surface area contributed by atoms with E-state index in [1.807, 2.05) is 0 Å². The van der Waals surface area contributed by atoms with E-state index in [0.717, 1.165) is 16.2 Å². The molecule has 1 atom stereocenters. The predicted molar refractivity (Wildman–Crippen MR) is 124 cm³/mol. The number of aliphatic carboxylic acids is 1. The molecule has 0 bridgehead atoms. The average Bonchev–Trinajstić information content (AvgIpc) is 2.80. The number of hydrogen-bond donors (Lipinski definition) is 5. The molecule has 0 radical (unpaired) electrons. The molecule has 0 aliphatic heterocycles. The van der Waals surface area contributed by atoms with Crippen LogP contribution in [0.1, 0.15) is 29.2 Å². The first kappa shape index (κ1) is 24.7. The highest BCUT2D eigenvalue weighted by molar-refractivity contribution is 6.31. The summed E-state index contributed by atoms with van der Waals surface area (Å²) in [6.45, 7) is 0.0610. The summed E-state index contributed by atoms with van der Waals surface area (Å²) in [7, 11) is 0. The van der Waals surface area contributed by atoms with Crippen molar-refractivity contribution in [3.63, 3.8) is 0 Å². The lowest BCUT2D eigenvalue weighted by Gasteiger charge is -2.19. The van der Waals surface area contributed by atoms with Crippen LogP contribution in [0.15, 0.2) is 59.5 Å². The predicted octanol–water partition coefficient (Wildman–Crippen LogP) is 3.19. The van der Waals surface area contributed by atoms with Crippen LogP contribution < -0.4 is 21.9 Å². The van der Waals surface area contributed by atoms with Gasteiger partial charge in [-0.25, -0.2) is 9.18 Å². The SMILES string of the molecule is NCc1ccc(C(CC(=O)O)NC(=O)Nc2c(O)ccn(Cc3c(F)cccc3Cl)c2=O)cc1. The Hall–Kier alpha value is -3.89. The molecular formula is C23H22ClFN4O5. The first-order chi connectivity index (χ1) is 16.2. The number of urea groups is 1. The van der Waals surface area contributed by atoms with E-state index in [2.05, 4.69) is 10.6 Å². The minimum absolute atomic E-state index is 0.0646. The topological polar surface area (TPSA) is 147 Å². The van der Waals surface area contributed by atoms with Gasteiger partial charge < -0.3 is 31.1 Å². The molecule has 11 heteroatoms. The highest BCUT2D eigenvalue weighted by Crippen LogP contribution is 2.23. The van der Waals surface area contributed by atoms with Crippen molar-refractivity contribution >= 4 is 29.3 Å². The third-order valence-electron chi connectivity index (χ3n) is 5.07. The Balaban J connectivity index is 1.83. The molecule has 0 spiro atoms. The van der Waals surface area contributed by atoms with Crippen LogP contribution in [0.3, 0.4) is 0 Å². The lowest BCUT2D eigenvalue weighted by molar-refractivity contribution is -0.137. The molecule has 1 unspecified atom stereocenters. The maximum atomic E-state index is 14.1. The van der Waals surface area contributed by atoms with Gasteiger partial charge in [0.2, 0.25) is 0 Å². The maximum Gasteiger partial charge on any atom is 0.319 e. The number of hydrogen-bond acceptors (Lipinski definition) is 5. The second-order valence-corrected chi connectivity index (χ2v) is 7.81.